The monoisotopic (exact) mass is 233 g/mol. The maximum absolute atomic E-state index is 11.2. The summed E-state index contributed by atoms with van der Waals surface area (Å²) in [7, 11) is -0.871. The highest BCUT2D eigenvalue weighted by atomic mass is 79.9. The number of hydrogen-bond donors (Lipinski definition) is 0. The first-order valence-electron chi connectivity index (χ1n) is 3.24. The lowest BCUT2D eigenvalue weighted by molar-refractivity contribution is 0.683. The minimum atomic E-state index is -0.871. The van der Waals surface area contributed by atoms with Crippen LogP contribution in [-0.2, 0) is 10.8 Å². The van der Waals surface area contributed by atoms with Gasteiger partial charge >= 0.3 is 0 Å². The van der Waals surface area contributed by atoms with Crippen molar-refractivity contribution in [1.82, 2.24) is 4.98 Å². The molecule has 1 atom stereocenters. The second kappa shape index (κ2) is 3.97. The summed E-state index contributed by atoms with van der Waals surface area (Å²) in [4.78, 5) is 4.77. The average Bonchev–Trinajstić information content (AvgIpc) is 2.03. The van der Waals surface area contributed by atoms with Crippen LogP contribution in [0.25, 0.3) is 0 Å². The topological polar surface area (TPSA) is 30.0 Å². The van der Waals surface area contributed by atoms with E-state index in [1.165, 1.54) is 0 Å². The van der Waals surface area contributed by atoms with Gasteiger partial charge in [-0.25, -0.2) is 4.98 Å². The van der Waals surface area contributed by atoms with Gasteiger partial charge in [0.1, 0.15) is 4.60 Å². The number of hydrogen-bond acceptors (Lipinski definition) is 2. The van der Waals surface area contributed by atoms with Crippen LogP contribution in [0.3, 0.4) is 0 Å². The fourth-order valence-electron chi connectivity index (χ4n) is 0.693. The first-order valence-corrected chi connectivity index (χ1v) is 5.35. The van der Waals surface area contributed by atoms with Gasteiger partial charge in [-0.15, -0.1) is 0 Å². The van der Waals surface area contributed by atoms with Crippen LogP contribution in [0.5, 0.6) is 0 Å². The molecule has 2 nitrogen and oxygen atoms in total. The Kier molecular flexibility index (Phi) is 3.20. The molecule has 0 radical (unpaired) electrons. The molecule has 0 saturated carbocycles. The molecule has 1 aromatic rings. The molecule has 1 rings (SSSR count). The Balaban J connectivity index is 2.96. The largest absolute Gasteiger partial charge is 0.254 e. The molecule has 1 unspecified atom stereocenters. The second-order valence-electron chi connectivity index (χ2n) is 1.95. The molecule has 0 aliphatic carbocycles. The van der Waals surface area contributed by atoms with Crippen molar-refractivity contribution in [3.63, 3.8) is 0 Å². The molecule has 1 aromatic heterocycles. The van der Waals surface area contributed by atoms with E-state index in [0.29, 0.717) is 5.75 Å². The highest BCUT2D eigenvalue weighted by molar-refractivity contribution is 9.10. The van der Waals surface area contributed by atoms with E-state index in [0.717, 1.165) is 9.50 Å². The lowest BCUT2D eigenvalue weighted by atomic mass is 10.5. The van der Waals surface area contributed by atoms with E-state index in [-0.39, 0.29) is 0 Å². The zero-order chi connectivity index (χ0) is 8.27. The maximum atomic E-state index is 11.2. The molecule has 4 heteroatoms. The van der Waals surface area contributed by atoms with Gasteiger partial charge in [0.15, 0.2) is 0 Å². The zero-order valence-electron chi connectivity index (χ0n) is 6.08. The fourth-order valence-corrected chi connectivity index (χ4v) is 2.00. The number of halogens is 1. The fraction of sp³-hybridized carbons (Fsp3) is 0.286. The molecule has 0 aliphatic heterocycles. The van der Waals surface area contributed by atoms with Crippen molar-refractivity contribution >= 4 is 26.7 Å². The van der Waals surface area contributed by atoms with Gasteiger partial charge in [0, 0.05) is 16.8 Å². The molecule has 0 bridgehead atoms. The molecule has 0 fully saturated rings. The van der Waals surface area contributed by atoms with Gasteiger partial charge in [-0.05, 0) is 28.1 Å². The summed E-state index contributed by atoms with van der Waals surface area (Å²) >= 11 is 3.21. The summed E-state index contributed by atoms with van der Waals surface area (Å²) in [5, 5.41) is 0. The standard InChI is InChI=1S/C7H8BrNOS/c1-2-11(10)6-3-4-9-7(8)5-6/h3-5H,2H2,1H3. The van der Waals surface area contributed by atoms with E-state index in [4.69, 9.17) is 0 Å². The van der Waals surface area contributed by atoms with Gasteiger partial charge in [0.05, 0.1) is 10.8 Å². The van der Waals surface area contributed by atoms with E-state index in [1.807, 2.05) is 6.92 Å². The predicted molar refractivity (Wildman–Crippen MR) is 48.9 cm³/mol. The van der Waals surface area contributed by atoms with Crippen LogP contribution in [-0.4, -0.2) is 14.9 Å². The summed E-state index contributed by atoms with van der Waals surface area (Å²) in [5.74, 6) is 0.649. The van der Waals surface area contributed by atoms with Gasteiger partial charge in [-0.2, -0.15) is 0 Å². The number of nitrogens with zero attached hydrogens (tertiary/aromatic N) is 1. The molecule has 0 aromatic carbocycles. The van der Waals surface area contributed by atoms with Crippen molar-refractivity contribution in [2.75, 3.05) is 5.75 Å². The minimum Gasteiger partial charge on any atom is -0.254 e. The van der Waals surface area contributed by atoms with Crippen LogP contribution in [0.2, 0.25) is 0 Å². The van der Waals surface area contributed by atoms with Gasteiger partial charge in [0.2, 0.25) is 0 Å². The molecular weight excluding hydrogens is 226 g/mol. The molecule has 11 heavy (non-hydrogen) atoms. The Morgan fingerprint density at radius 3 is 3.00 bits per heavy atom. The second-order valence-corrected chi connectivity index (χ2v) is 4.50. The van der Waals surface area contributed by atoms with Gasteiger partial charge < -0.3 is 0 Å². The van der Waals surface area contributed by atoms with Crippen molar-refractivity contribution in [3.05, 3.63) is 22.9 Å². The van der Waals surface area contributed by atoms with Crippen molar-refractivity contribution in [1.29, 1.82) is 0 Å². The summed E-state index contributed by atoms with van der Waals surface area (Å²) < 4.78 is 12.0. The quantitative estimate of drug-likeness (QED) is 0.732. The Morgan fingerprint density at radius 2 is 2.45 bits per heavy atom. The molecule has 60 valence electrons. The van der Waals surface area contributed by atoms with Crippen LogP contribution in [0.4, 0.5) is 0 Å². The molecule has 0 amide bonds. The van der Waals surface area contributed by atoms with E-state index >= 15 is 0 Å². The van der Waals surface area contributed by atoms with Crippen LogP contribution in [0.15, 0.2) is 27.8 Å². The lowest BCUT2D eigenvalue weighted by Crippen LogP contribution is -1.93. The third kappa shape index (κ3) is 2.38. The molecule has 0 saturated heterocycles. The van der Waals surface area contributed by atoms with Gasteiger partial charge in [-0.1, -0.05) is 6.92 Å². The van der Waals surface area contributed by atoms with Crippen LogP contribution >= 0.6 is 15.9 Å². The van der Waals surface area contributed by atoms with Crippen molar-refractivity contribution < 1.29 is 4.21 Å². The smallest absolute Gasteiger partial charge is 0.107 e. The summed E-state index contributed by atoms with van der Waals surface area (Å²) in [6.45, 7) is 1.89. The van der Waals surface area contributed by atoms with Crippen LogP contribution < -0.4 is 0 Å². The first-order chi connectivity index (χ1) is 5.24. The van der Waals surface area contributed by atoms with E-state index in [9.17, 15) is 4.21 Å². The maximum Gasteiger partial charge on any atom is 0.107 e. The third-order valence-electron chi connectivity index (χ3n) is 1.22. The molecule has 0 spiro atoms. The molecular formula is C7H8BrNOS. The third-order valence-corrected chi connectivity index (χ3v) is 2.96. The lowest BCUT2D eigenvalue weighted by Gasteiger charge is -1.97. The van der Waals surface area contributed by atoms with E-state index in [1.54, 1.807) is 18.3 Å². The summed E-state index contributed by atoms with van der Waals surface area (Å²) in [5.41, 5.74) is 0. The first kappa shape index (κ1) is 8.87. The predicted octanol–water partition coefficient (Wildman–Crippen LogP) is 1.97. The van der Waals surface area contributed by atoms with Crippen molar-refractivity contribution in [3.8, 4) is 0 Å². The zero-order valence-corrected chi connectivity index (χ0v) is 8.48. The Morgan fingerprint density at radius 1 is 1.73 bits per heavy atom. The SMILES string of the molecule is CCS(=O)c1ccnc(Br)c1. The van der Waals surface area contributed by atoms with Crippen molar-refractivity contribution in [2.24, 2.45) is 0 Å². The number of rotatable bonds is 2. The molecule has 0 aliphatic rings. The summed E-state index contributed by atoms with van der Waals surface area (Å²) in [6.07, 6.45) is 1.65. The Bertz CT molecular complexity index is 277. The Labute approximate surface area is 76.6 Å². The highest BCUT2D eigenvalue weighted by Crippen LogP contribution is 2.11. The molecule has 0 N–H and O–H groups in total. The van der Waals surface area contributed by atoms with E-state index in [2.05, 4.69) is 20.9 Å². The van der Waals surface area contributed by atoms with Crippen molar-refractivity contribution in [2.45, 2.75) is 11.8 Å². The van der Waals surface area contributed by atoms with Gasteiger partial charge in [-0.3, -0.25) is 4.21 Å². The van der Waals surface area contributed by atoms with E-state index < -0.39 is 10.8 Å². The van der Waals surface area contributed by atoms with Gasteiger partial charge in [0.25, 0.3) is 0 Å². The number of pyridine rings is 1. The number of aromatic nitrogens is 1. The molecule has 1 heterocycles. The van der Waals surface area contributed by atoms with Crippen LogP contribution in [0, 0.1) is 0 Å². The normalized spacial score (nSPS) is 12.9. The van der Waals surface area contributed by atoms with Crippen LogP contribution in [0.1, 0.15) is 6.92 Å². The average molecular weight is 234 g/mol. The Hall–Kier alpha value is -0.220. The highest BCUT2D eigenvalue weighted by Gasteiger charge is 2.00. The summed E-state index contributed by atoms with van der Waals surface area (Å²) in [6, 6.07) is 3.55. The minimum absolute atomic E-state index is 0.649.